The lowest BCUT2D eigenvalue weighted by molar-refractivity contribution is -0.136. The van der Waals surface area contributed by atoms with Crippen LogP contribution in [0.3, 0.4) is 0 Å². The first kappa shape index (κ1) is 21.3. The van der Waals surface area contributed by atoms with Crippen LogP contribution in [0.2, 0.25) is 0 Å². The molecule has 3 aromatic rings. The third-order valence-corrected chi connectivity index (χ3v) is 6.75. The number of aryl methyl sites for hydroxylation is 1. The number of fused-ring (bicyclic) bond motifs is 1. The molecule has 2 amide bonds. The number of hydrogen-bond donors (Lipinski definition) is 2. The molecule has 6 heteroatoms. The summed E-state index contributed by atoms with van der Waals surface area (Å²) in [5, 5.41) is 7.67. The van der Waals surface area contributed by atoms with Crippen molar-refractivity contribution < 1.29 is 9.59 Å². The van der Waals surface area contributed by atoms with Crippen LogP contribution in [-0.4, -0.2) is 29.8 Å². The molecule has 160 valence electrons. The van der Waals surface area contributed by atoms with Gasteiger partial charge in [0.25, 0.3) is 0 Å². The molecule has 0 radical (unpaired) electrons. The Morgan fingerprint density at radius 1 is 1.00 bits per heavy atom. The summed E-state index contributed by atoms with van der Waals surface area (Å²) in [6, 6.07) is 20.2. The van der Waals surface area contributed by atoms with Crippen molar-refractivity contribution in [2.45, 2.75) is 32.4 Å². The van der Waals surface area contributed by atoms with Crippen molar-refractivity contribution in [1.29, 1.82) is 0 Å². The van der Waals surface area contributed by atoms with Crippen LogP contribution in [0.5, 0.6) is 0 Å². The highest BCUT2D eigenvalue weighted by Crippen LogP contribution is 2.30. The molecule has 2 heterocycles. The number of anilines is 1. The molecular formula is C25H27N3O2S. The number of para-hydroxylation sites is 1. The topological polar surface area (TPSA) is 61.4 Å². The van der Waals surface area contributed by atoms with Gasteiger partial charge in [-0.3, -0.25) is 14.5 Å². The third-order valence-electron chi connectivity index (χ3n) is 5.78. The van der Waals surface area contributed by atoms with E-state index in [1.807, 2.05) is 37.3 Å². The average molecular weight is 434 g/mol. The van der Waals surface area contributed by atoms with Crippen molar-refractivity contribution in [3.05, 3.63) is 87.6 Å². The largest absolute Gasteiger partial charge is 0.346 e. The molecule has 0 unspecified atom stereocenters. The number of thiophene rings is 1. The second-order valence-corrected chi connectivity index (χ2v) is 8.67. The minimum absolute atomic E-state index is 0.0352. The fourth-order valence-corrected chi connectivity index (χ4v) is 4.93. The fraction of sp³-hybridized carbons (Fsp3) is 0.280. The van der Waals surface area contributed by atoms with Crippen molar-refractivity contribution >= 4 is 28.8 Å². The molecule has 1 aromatic heterocycles. The van der Waals surface area contributed by atoms with Crippen LogP contribution in [0.1, 0.15) is 34.5 Å². The highest BCUT2D eigenvalue weighted by molar-refractivity contribution is 7.10. The molecule has 1 aliphatic rings. The first-order valence-electron chi connectivity index (χ1n) is 10.7. The van der Waals surface area contributed by atoms with Gasteiger partial charge in [0.1, 0.15) is 0 Å². The smallest absolute Gasteiger partial charge is 0.313 e. The maximum atomic E-state index is 12.6. The van der Waals surface area contributed by atoms with Crippen molar-refractivity contribution in [2.24, 2.45) is 0 Å². The van der Waals surface area contributed by atoms with E-state index in [0.717, 1.165) is 31.5 Å². The van der Waals surface area contributed by atoms with Gasteiger partial charge in [-0.25, -0.2) is 0 Å². The Kier molecular flexibility index (Phi) is 6.79. The standard InChI is InChI=1S/C25H27N3O2S/c1-2-18-8-5-6-11-21(18)27-25(30)24(29)26-16-22(23-12-7-15-31-23)28-14-13-19-9-3-4-10-20(19)17-28/h3-12,15,22H,2,13-14,16-17H2,1H3,(H,26,29)(H,27,30)/t22-/m1/s1. The summed E-state index contributed by atoms with van der Waals surface area (Å²) in [5.74, 6) is -1.24. The highest BCUT2D eigenvalue weighted by Gasteiger charge is 2.27. The number of amides is 2. The molecule has 0 bridgehead atoms. The summed E-state index contributed by atoms with van der Waals surface area (Å²) in [7, 11) is 0. The molecule has 1 aliphatic heterocycles. The zero-order valence-electron chi connectivity index (χ0n) is 17.6. The molecule has 1 atom stereocenters. The lowest BCUT2D eigenvalue weighted by Crippen LogP contribution is -2.43. The lowest BCUT2D eigenvalue weighted by Gasteiger charge is -2.35. The van der Waals surface area contributed by atoms with Crippen molar-refractivity contribution in [3.8, 4) is 0 Å². The number of benzene rings is 2. The van der Waals surface area contributed by atoms with E-state index < -0.39 is 11.8 Å². The number of nitrogens with one attached hydrogen (secondary N) is 2. The Morgan fingerprint density at radius 2 is 1.77 bits per heavy atom. The predicted octanol–water partition coefficient (Wildman–Crippen LogP) is 4.16. The number of rotatable bonds is 6. The Hall–Kier alpha value is -2.96. The zero-order chi connectivity index (χ0) is 21.6. The summed E-state index contributed by atoms with van der Waals surface area (Å²) in [4.78, 5) is 28.6. The first-order valence-corrected chi connectivity index (χ1v) is 11.5. The Morgan fingerprint density at radius 3 is 2.55 bits per heavy atom. The van der Waals surface area contributed by atoms with Gasteiger partial charge in [0, 0.05) is 30.2 Å². The fourth-order valence-electron chi connectivity index (χ4n) is 4.07. The number of hydrogen-bond acceptors (Lipinski definition) is 4. The highest BCUT2D eigenvalue weighted by atomic mass is 32.1. The molecule has 5 nitrogen and oxygen atoms in total. The van der Waals surface area contributed by atoms with E-state index in [2.05, 4.69) is 51.2 Å². The minimum atomic E-state index is -0.630. The average Bonchev–Trinajstić information content (AvgIpc) is 3.34. The van der Waals surface area contributed by atoms with E-state index in [1.165, 1.54) is 16.0 Å². The zero-order valence-corrected chi connectivity index (χ0v) is 18.5. The van der Waals surface area contributed by atoms with Gasteiger partial charge < -0.3 is 10.6 Å². The second kappa shape index (κ2) is 9.90. The van der Waals surface area contributed by atoms with Crippen LogP contribution < -0.4 is 10.6 Å². The molecule has 2 N–H and O–H groups in total. The van der Waals surface area contributed by atoms with Crippen molar-refractivity contribution in [1.82, 2.24) is 10.2 Å². The number of nitrogens with zero attached hydrogens (tertiary/aromatic N) is 1. The van der Waals surface area contributed by atoms with Gasteiger partial charge in [0.05, 0.1) is 6.04 Å². The Labute approximate surface area is 187 Å². The van der Waals surface area contributed by atoms with Crippen LogP contribution in [0.25, 0.3) is 0 Å². The SMILES string of the molecule is CCc1ccccc1NC(=O)C(=O)NC[C@H](c1cccs1)N1CCc2ccccc2C1. The van der Waals surface area contributed by atoms with Crippen molar-refractivity contribution in [2.75, 3.05) is 18.4 Å². The second-order valence-electron chi connectivity index (χ2n) is 7.70. The molecular weight excluding hydrogens is 406 g/mol. The molecule has 0 aliphatic carbocycles. The van der Waals surface area contributed by atoms with Gasteiger partial charge in [0.15, 0.2) is 0 Å². The summed E-state index contributed by atoms with van der Waals surface area (Å²) in [5.41, 5.74) is 4.41. The van der Waals surface area contributed by atoms with Gasteiger partial charge in [0.2, 0.25) is 0 Å². The molecule has 0 fully saturated rings. The molecule has 31 heavy (non-hydrogen) atoms. The van der Waals surface area contributed by atoms with Crippen LogP contribution in [-0.2, 0) is 29.0 Å². The number of carbonyl (C=O) groups is 2. The van der Waals surface area contributed by atoms with Crippen LogP contribution in [0.4, 0.5) is 5.69 Å². The maximum absolute atomic E-state index is 12.6. The molecule has 0 saturated carbocycles. The van der Waals surface area contributed by atoms with E-state index in [-0.39, 0.29) is 6.04 Å². The summed E-state index contributed by atoms with van der Waals surface area (Å²) < 4.78 is 0. The monoisotopic (exact) mass is 433 g/mol. The van der Waals surface area contributed by atoms with Gasteiger partial charge in [-0.05, 0) is 47.0 Å². The van der Waals surface area contributed by atoms with Crippen molar-refractivity contribution in [3.63, 3.8) is 0 Å². The van der Waals surface area contributed by atoms with Gasteiger partial charge in [-0.2, -0.15) is 0 Å². The molecule has 0 saturated heterocycles. The van der Waals surface area contributed by atoms with Gasteiger partial charge >= 0.3 is 11.8 Å². The Bertz CT molecular complexity index is 1050. The van der Waals surface area contributed by atoms with Crippen LogP contribution >= 0.6 is 11.3 Å². The maximum Gasteiger partial charge on any atom is 0.313 e. The minimum Gasteiger partial charge on any atom is -0.346 e. The normalized spacial score (nSPS) is 14.5. The molecule has 2 aromatic carbocycles. The molecule has 0 spiro atoms. The van der Waals surface area contributed by atoms with Crippen LogP contribution in [0, 0.1) is 0 Å². The van der Waals surface area contributed by atoms with Crippen LogP contribution in [0.15, 0.2) is 66.0 Å². The lowest BCUT2D eigenvalue weighted by atomic mass is 9.98. The van der Waals surface area contributed by atoms with E-state index in [9.17, 15) is 9.59 Å². The van der Waals surface area contributed by atoms with E-state index in [1.54, 1.807) is 11.3 Å². The third kappa shape index (κ3) is 5.03. The predicted molar refractivity (Wildman–Crippen MR) is 125 cm³/mol. The first-order chi connectivity index (χ1) is 15.2. The Balaban J connectivity index is 1.42. The van der Waals surface area contributed by atoms with E-state index >= 15 is 0 Å². The quantitative estimate of drug-likeness (QED) is 0.574. The van der Waals surface area contributed by atoms with E-state index in [0.29, 0.717) is 12.2 Å². The number of carbonyl (C=O) groups excluding carboxylic acids is 2. The summed E-state index contributed by atoms with van der Waals surface area (Å²) >= 11 is 1.68. The summed E-state index contributed by atoms with van der Waals surface area (Å²) in [6.07, 6.45) is 1.77. The molecule has 4 rings (SSSR count). The van der Waals surface area contributed by atoms with E-state index in [4.69, 9.17) is 0 Å². The van der Waals surface area contributed by atoms with Gasteiger partial charge in [-0.1, -0.05) is 55.5 Å². The summed E-state index contributed by atoms with van der Waals surface area (Å²) in [6.45, 7) is 4.17. The van der Waals surface area contributed by atoms with Gasteiger partial charge in [-0.15, -0.1) is 11.3 Å².